The van der Waals surface area contributed by atoms with Crippen molar-refractivity contribution < 1.29 is 22.3 Å². The van der Waals surface area contributed by atoms with Crippen molar-refractivity contribution in [1.29, 1.82) is 0 Å². The Hall–Kier alpha value is -2.96. The third-order valence-corrected chi connectivity index (χ3v) is 13.9. The molecule has 0 radical (unpaired) electrons. The number of hydrogen-bond donors (Lipinski definition) is 0. The van der Waals surface area contributed by atoms with Gasteiger partial charge in [-0.25, -0.2) is 11.1 Å². The van der Waals surface area contributed by atoms with E-state index in [4.69, 9.17) is 23.2 Å². The quantitative estimate of drug-likeness (QED) is 0.159. The summed E-state index contributed by atoms with van der Waals surface area (Å²) in [7, 11) is 0. The van der Waals surface area contributed by atoms with E-state index in [-0.39, 0.29) is 10.8 Å². The van der Waals surface area contributed by atoms with Crippen LogP contribution in [0.15, 0.2) is 96.1 Å². The van der Waals surface area contributed by atoms with E-state index in [0.717, 1.165) is 22.9 Å². The van der Waals surface area contributed by atoms with Crippen LogP contribution in [0.1, 0.15) is 127 Å². The summed E-state index contributed by atoms with van der Waals surface area (Å²) in [6.07, 6.45) is 14.1. The maximum atomic E-state index is 5.84. The van der Waals surface area contributed by atoms with Crippen molar-refractivity contribution in [1.82, 2.24) is 0 Å². The monoisotopic (exact) mass is 826 g/mol. The van der Waals surface area contributed by atoms with Crippen molar-refractivity contribution in [2.75, 3.05) is 0 Å². The fraction of sp³-hybridized carbons (Fsp3) is 0.333. The zero-order chi connectivity index (χ0) is 39.2. The predicted octanol–water partition coefficient (Wildman–Crippen LogP) is 14.3. The van der Waals surface area contributed by atoms with Gasteiger partial charge in [-0.2, -0.15) is 17.2 Å². The molecule has 0 amide bonds. The molecule has 3 heteroatoms. The molecule has 0 heterocycles. The van der Waals surface area contributed by atoms with Gasteiger partial charge in [0.25, 0.3) is 0 Å². The average Bonchev–Trinajstić information content (AvgIpc) is 3.80. The Morgan fingerprint density at radius 1 is 0.759 bits per heavy atom. The van der Waals surface area contributed by atoms with Gasteiger partial charge in [0.15, 0.2) is 0 Å². The first kappa shape index (κ1) is 40.7. The molecule has 0 bridgehead atoms. The van der Waals surface area contributed by atoms with Crippen LogP contribution in [0.25, 0.3) is 22.3 Å². The molecule has 4 aromatic carbocycles. The van der Waals surface area contributed by atoms with Gasteiger partial charge in [-0.05, 0) is 58.4 Å². The van der Waals surface area contributed by atoms with Crippen LogP contribution in [0.3, 0.4) is 0 Å². The van der Waals surface area contributed by atoms with Crippen molar-refractivity contribution in [2.24, 2.45) is 11.3 Å². The van der Waals surface area contributed by atoms with E-state index in [1.54, 1.807) is 0 Å². The summed E-state index contributed by atoms with van der Waals surface area (Å²) >= 11 is 11.0. The number of rotatable bonds is 3. The summed E-state index contributed by atoms with van der Waals surface area (Å²) in [4.78, 5) is 0. The SMILES string of the molecule is CC1=[C-]C(C)(C)c2cc3c(cc21)-c1cc2c(cc1C3)C(C)(C)C=C2C.CCC1=[C-]C(C)C=C1C(C)(C)C.Clc1ccc([CH]=[Zr]=[CH]c2ccc(Cl)cc2)cc1. The van der Waals surface area contributed by atoms with Crippen molar-refractivity contribution in [3.05, 3.63) is 163 Å². The van der Waals surface area contributed by atoms with Crippen LogP contribution in [-0.4, -0.2) is 7.42 Å². The number of halogens is 2. The molecule has 0 aromatic heterocycles. The van der Waals surface area contributed by atoms with Gasteiger partial charge in [0.1, 0.15) is 0 Å². The third-order valence-electron chi connectivity index (χ3n) is 11.0. The normalized spacial score (nSPS) is 17.8. The standard InChI is InChI=1S/C25H25.C12H19.2C7H5Cl.Zr/c1-14-12-24(3,4)22-8-16-7-17-9-23-19(15(2)13-25(23,5)6)11-21(17)20(16)10-18(14)22;1-6-10-7-9(2)8-11(10)12(3,4)5;2*1-6-2-4-7(8)5-3-6;/h8-12H,7H2,1-6H3;8-9H,6H2,1-5H3;2*1-5H;/q2*-1;;;. The Morgan fingerprint density at radius 3 is 1.78 bits per heavy atom. The Kier molecular flexibility index (Phi) is 12.0. The number of benzene rings is 4. The van der Waals surface area contributed by atoms with E-state index in [1.165, 1.54) is 77.9 Å². The Morgan fingerprint density at radius 2 is 1.28 bits per heavy atom. The van der Waals surface area contributed by atoms with Gasteiger partial charge in [0, 0.05) is 5.41 Å². The molecule has 4 aliphatic rings. The minimum absolute atomic E-state index is 0.0340. The molecular weight excluding hydrogens is 775 g/mol. The molecule has 0 saturated carbocycles. The molecule has 278 valence electrons. The third kappa shape index (κ3) is 8.86. The van der Waals surface area contributed by atoms with E-state index in [0.29, 0.717) is 11.3 Å². The molecule has 0 nitrogen and oxygen atoms in total. The summed E-state index contributed by atoms with van der Waals surface area (Å²) in [6, 6.07) is 25.7. The number of allylic oxidation sites excluding steroid dienone is 8. The van der Waals surface area contributed by atoms with Crippen molar-refractivity contribution >= 4 is 41.8 Å². The average molecular weight is 829 g/mol. The zero-order valence-corrected chi connectivity index (χ0v) is 38.0. The van der Waals surface area contributed by atoms with E-state index < -0.39 is 22.3 Å². The van der Waals surface area contributed by atoms with Gasteiger partial charge < -0.3 is 0 Å². The molecule has 0 aliphatic heterocycles. The van der Waals surface area contributed by atoms with E-state index in [9.17, 15) is 0 Å². The van der Waals surface area contributed by atoms with Crippen LogP contribution in [0.4, 0.5) is 0 Å². The van der Waals surface area contributed by atoms with Gasteiger partial charge in [-0.15, -0.1) is 11.6 Å². The molecule has 8 rings (SSSR count). The second-order valence-electron chi connectivity index (χ2n) is 17.4. The maximum absolute atomic E-state index is 5.84. The summed E-state index contributed by atoms with van der Waals surface area (Å²) < 4.78 is 4.66. The first-order chi connectivity index (χ1) is 25.4. The van der Waals surface area contributed by atoms with Crippen LogP contribution in [-0.2, 0) is 39.5 Å². The number of hydrogen-bond acceptors (Lipinski definition) is 0. The minimum atomic E-state index is -0.623. The van der Waals surface area contributed by atoms with Crippen LogP contribution < -0.4 is 0 Å². The van der Waals surface area contributed by atoms with E-state index in [2.05, 4.69) is 156 Å². The molecule has 4 aliphatic carbocycles. The van der Waals surface area contributed by atoms with Crippen molar-refractivity contribution in [3.63, 3.8) is 0 Å². The van der Waals surface area contributed by atoms with Crippen molar-refractivity contribution in [3.8, 4) is 11.1 Å². The summed E-state index contributed by atoms with van der Waals surface area (Å²) in [5, 5.41) is 1.57. The second kappa shape index (κ2) is 15.9. The molecule has 0 saturated heterocycles. The molecular formula is C51H54Cl2Zr-2. The predicted molar refractivity (Wildman–Crippen MR) is 234 cm³/mol. The molecule has 1 unspecified atom stereocenters. The van der Waals surface area contributed by atoms with E-state index in [1.807, 2.05) is 24.3 Å². The second-order valence-corrected chi connectivity index (χ2v) is 20.5. The first-order valence-electron chi connectivity index (χ1n) is 19.3. The van der Waals surface area contributed by atoms with Gasteiger partial charge in [-0.3, -0.25) is 12.2 Å². The Labute approximate surface area is 346 Å². The number of fused-ring (bicyclic) bond motifs is 5. The fourth-order valence-electron chi connectivity index (χ4n) is 8.37. The van der Waals surface area contributed by atoms with Crippen molar-refractivity contribution in [2.45, 2.75) is 99.8 Å². The Balaban J connectivity index is 0.000000149. The van der Waals surface area contributed by atoms with Crippen LogP contribution in [0, 0.1) is 23.5 Å². The molecule has 0 fully saturated rings. The fourth-order valence-corrected chi connectivity index (χ4v) is 10.7. The summed E-state index contributed by atoms with van der Waals surface area (Å²) in [5.74, 6) is 0.522. The Bertz CT molecular complexity index is 2140. The molecule has 4 aromatic rings. The van der Waals surface area contributed by atoms with E-state index >= 15 is 0 Å². The molecule has 0 spiro atoms. The van der Waals surface area contributed by atoms with Crippen LogP contribution in [0.2, 0.25) is 10.0 Å². The van der Waals surface area contributed by atoms with Crippen LogP contribution in [0.5, 0.6) is 0 Å². The topological polar surface area (TPSA) is 0 Å². The van der Waals surface area contributed by atoms with Gasteiger partial charge in [0.05, 0.1) is 0 Å². The van der Waals surface area contributed by atoms with Crippen LogP contribution >= 0.6 is 23.2 Å². The zero-order valence-electron chi connectivity index (χ0n) is 34.0. The molecule has 54 heavy (non-hydrogen) atoms. The van der Waals surface area contributed by atoms with Gasteiger partial charge in [-0.1, -0.05) is 111 Å². The van der Waals surface area contributed by atoms with Gasteiger partial charge >= 0.3 is 123 Å². The summed E-state index contributed by atoms with van der Waals surface area (Å²) in [6.45, 7) is 24.9. The molecule has 1 atom stereocenters. The summed E-state index contributed by atoms with van der Waals surface area (Å²) in [5.41, 5.74) is 20.3. The molecule has 0 N–H and O–H groups in total. The first-order valence-corrected chi connectivity index (χ1v) is 22.9. The van der Waals surface area contributed by atoms with Gasteiger partial charge in [0.2, 0.25) is 0 Å².